The molecular formula is C20H19Cl3F3N3O. The lowest BCUT2D eigenvalue weighted by Crippen LogP contribution is -2.48. The van der Waals surface area contributed by atoms with Crippen LogP contribution in [0.25, 0.3) is 0 Å². The first-order chi connectivity index (χ1) is 14.1. The van der Waals surface area contributed by atoms with Crippen LogP contribution in [0.4, 0.5) is 18.9 Å². The molecule has 3 rings (SSSR count). The summed E-state index contributed by atoms with van der Waals surface area (Å²) < 4.78 is 38.6. The van der Waals surface area contributed by atoms with E-state index in [1.54, 1.807) is 18.2 Å². The Balaban J connectivity index is 1.52. The van der Waals surface area contributed by atoms with Crippen molar-refractivity contribution in [1.29, 1.82) is 0 Å². The first-order valence-corrected chi connectivity index (χ1v) is 10.3. The molecule has 1 N–H and O–H groups in total. The van der Waals surface area contributed by atoms with Crippen LogP contribution in [0.3, 0.4) is 0 Å². The van der Waals surface area contributed by atoms with Gasteiger partial charge in [-0.15, -0.1) is 0 Å². The summed E-state index contributed by atoms with van der Waals surface area (Å²) in [5, 5.41) is 3.75. The Bertz CT molecular complexity index is 896. The number of carbonyl (C=O) groups is 1. The van der Waals surface area contributed by atoms with Crippen molar-refractivity contribution >= 4 is 46.4 Å². The number of nitrogens with zero attached hydrogens (tertiary/aromatic N) is 2. The fourth-order valence-corrected chi connectivity index (χ4v) is 3.88. The van der Waals surface area contributed by atoms with Gasteiger partial charge in [-0.2, -0.15) is 13.2 Å². The number of piperazine rings is 1. The van der Waals surface area contributed by atoms with Gasteiger partial charge in [0.1, 0.15) is 0 Å². The van der Waals surface area contributed by atoms with Gasteiger partial charge in [-0.05, 0) is 30.3 Å². The van der Waals surface area contributed by atoms with E-state index in [9.17, 15) is 18.0 Å². The van der Waals surface area contributed by atoms with Gasteiger partial charge in [0.15, 0.2) is 0 Å². The van der Waals surface area contributed by atoms with Crippen molar-refractivity contribution in [3.8, 4) is 0 Å². The number of carbonyl (C=O) groups excluding carboxylic acids is 1. The minimum absolute atomic E-state index is 0.0523. The molecule has 162 valence electrons. The molecular weight excluding hydrogens is 462 g/mol. The lowest BCUT2D eigenvalue weighted by Gasteiger charge is -2.34. The zero-order valence-corrected chi connectivity index (χ0v) is 18.0. The summed E-state index contributed by atoms with van der Waals surface area (Å²) in [4.78, 5) is 16.4. The number of nitrogens with one attached hydrogen (secondary N) is 1. The smallest absolute Gasteiger partial charge is 0.324 e. The lowest BCUT2D eigenvalue weighted by molar-refractivity contribution is -0.137. The maximum Gasteiger partial charge on any atom is 0.416 e. The molecule has 0 spiro atoms. The molecule has 1 aliphatic heterocycles. The van der Waals surface area contributed by atoms with Crippen molar-refractivity contribution in [2.24, 2.45) is 0 Å². The van der Waals surface area contributed by atoms with E-state index in [1.807, 2.05) is 4.90 Å². The molecule has 1 heterocycles. The zero-order valence-electron chi connectivity index (χ0n) is 15.8. The highest BCUT2D eigenvalue weighted by Gasteiger charge is 2.31. The number of benzene rings is 2. The van der Waals surface area contributed by atoms with E-state index >= 15 is 0 Å². The quantitative estimate of drug-likeness (QED) is 0.620. The third-order valence-electron chi connectivity index (χ3n) is 4.84. The molecule has 1 amide bonds. The predicted molar refractivity (Wildman–Crippen MR) is 113 cm³/mol. The highest BCUT2D eigenvalue weighted by atomic mass is 35.5. The first-order valence-electron chi connectivity index (χ1n) is 9.17. The van der Waals surface area contributed by atoms with Crippen LogP contribution in [0.1, 0.15) is 11.1 Å². The molecule has 2 aromatic carbocycles. The standard InChI is InChI=1S/C20H19Cl3F3N3O/c21-15-2-1-3-16(22)14(15)11-28-6-8-29(9-7-28)12-19(30)27-18-10-13(20(24,25)26)4-5-17(18)23/h1-5,10H,6-9,11-12H2,(H,27,30). The summed E-state index contributed by atoms with van der Waals surface area (Å²) in [6, 6.07) is 8.22. The van der Waals surface area contributed by atoms with Gasteiger partial charge in [-0.25, -0.2) is 0 Å². The van der Waals surface area contributed by atoms with Crippen LogP contribution in [-0.2, 0) is 17.5 Å². The fraction of sp³-hybridized carbons (Fsp3) is 0.350. The molecule has 10 heteroatoms. The van der Waals surface area contributed by atoms with Crippen molar-refractivity contribution < 1.29 is 18.0 Å². The molecule has 1 saturated heterocycles. The van der Waals surface area contributed by atoms with Crippen molar-refractivity contribution in [3.05, 3.63) is 62.6 Å². The largest absolute Gasteiger partial charge is 0.416 e. The van der Waals surface area contributed by atoms with Gasteiger partial charge in [-0.3, -0.25) is 14.6 Å². The summed E-state index contributed by atoms with van der Waals surface area (Å²) in [5.41, 5.74) is -0.0521. The van der Waals surface area contributed by atoms with Gasteiger partial charge >= 0.3 is 6.18 Å². The minimum Gasteiger partial charge on any atom is -0.324 e. The number of hydrogen-bond acceptors (Lipinski definition) is 3. The summed E-state index contributed by atoms with van der Waals surface area (Å²) >= 11 is 18.4. The Morgan fingerprint density at radius 3 is 2.13 bits per heavy atom. The lowest BCUT2D eigenvalue weighted by atomic mass is 10.2. The zero-order chi connectivity index (χ0) is 21.9. The molecule has 1 fully saturated rings. The molecule has 0 aromatic heterocycles. The van der Waals surface area contributed by atoms with Crippen LogP contribution in [0.15, 0.2) is 36.4 Å². The van der Waals surface area contributed by atoms with Crippen molar-refractivity contribution in [3.63, 3.8) is 0 Å². The average Bonchev–Trinajstić information content (AvgIpc) is 2.67. The molecule has 30 heavy (non-hydrogen) atoms. The van der Waals surface area contributed by atoms with E-state index in [0.717, 1.165) is 23.8 Å². The van der Waals surface area contributed by atoms with E-state index in [0.29, 0.717) is 42.8 Å². The molecule has 0 radical (unpaired) electrons. The molecule has 0 unspecified atom stereocenters. The Morgan fingerprint density at radius 1 is 0.933 bits per heavy atom. The molecule has 0 bridgehead atoms. The number of amides is 1. The summed E-state index contributed by atoms with van der Waals surface area (Å²) in [5.74, 6) is -0.418. The second-order valence-corrected chi connectivity index (χ2v) is 8.21. The van der Waals surface area contributed by atoms with Crippen LogP contribution in [0.2, 0.25) is 15.1 Å². The fourth-order valence-electron chi connectivity index (χ4n) is 3.20. The van der Waals surface area contributed by atoms with E-state index < -0.39 is 17.6 Å². The normalized spacial score (nSPS) is 15.9. The minimum atomic E-state index is -4.51. The molecule has 0 saturated carbocycles. The van der Waals surface area contributed by atoms with E-state index in [2.05, 4.69) is 10.2 Å². The van der Waals surface area contributed by atoms with Gasteiger partial charge < -0.3 is 5.32 Å². The highest BCUT2D eigenvalue weighted by Crippen LogP contribution is 2.33. The summed E-state index contributed by atoms with van der Waals surface area (Å²) in [6.45, 7) is 3.35. The number of anilines is 1. The third kappa shape index (κ3) is 6.02. The van der Waals surface area contributed by atoms with Crippen LogP contribution >= 0.6 is 34.8 Å². The Kier molecular flexibility index (Phi) is 7.52. The van der Waals surface area contributed by atoms with Crippen LogP contribution in [0, 0.1) is 0 Å². The molecule has 1 aliphatic rings. The van der Waals surface area contributed by atoms with E-state index in [-0.39, 0.29) is 17.3 Å². The second-order valence-electron chi connectivity index (χ2n) is 6.99. The van der Waals surface area contributed by atoms with Crippen LogP contribution < -0.4 is 5.32 Å². The van der Waals surface area contributed by atoms with Crippen molar-refractivity contribution in [1.82, 2.24) is 9.80 Å². The molecule has 4 nitrogen and oxygen atoms in total. The van der Waals surface area contributed by atoms with Crippen molar-refractivity contribution in [2.75, 3.05) is 38.0 Å². The molecule has 0 aliphatic carbocycles. The monoisotopic (exact) mass is 479 g/mol. The van der Waals surface area contributed by atoms with Crippen LogP contribution in [-0.4, -0.2) is 48.4 Å². The molecule has 2 aromatic rings. The Hall–Kier alpha value is -1.51. The summed E-state index contributed by atoms with van der Waals surface area (Å²) in [7, 11) is 0. The average molecular weight is 481 g/mol. The number of halogens is 6. The van der Waals surface area contributed by atoms with Crippen molar-refractivity contribution in [2.45, 2.75) is 12.7 Å². The van der Waals surface area contributed by atoms with Crippen LogP contribution in [0.5, 0.6) is 0 Å². The first kappa shape index (κ1) is 23.2. The van der Waals surface area contributed by atoms with Gasteiger partial charge in [0.25, 0.3) is 0 Å². The van der Waals surface area contributed by atoms with Gasteiger partial charge in [0, 0.05) is 48.3 Å². The van der Waals surface area contributed by atoms with Gasteiger partial charge in [-0.1, -0.05) is 40.9 Å². The Morgan fingerprint density at radius 2 is 1.53 bits per heavy atom. The van der Waals surface area contributed by atoms with E-state index in [1.165, 1.54) is 0 Å². The Labute approximate surface area is 187 Å². The number of hydrogen-bond donors (Lipinski definition) is 1. The summed E-state index contributed by atoms with van der Waals surface area (Å²) in [6.07, 6.45) is -4.51. The van der Waals surface area contributed by atoms with Gasteiger partial charge in [0.2, 0.25) is 5.91 Å². The predicted octanol–water partition coefficient (Wildman–Crippen LogP) is 5.42. The third-order valence-corrected chi connectivity index (χ3v) is 5.88. The topological polar surface area (TPSA) is 35.6 Å². The highest BCUT2D eigenvalue weighted by molar-refractivity contribution is 6.36. The number of rotatable bonds is 5. The maximum absolute atomic E-state index is 12.9. The SMILES string of the molecule is O=C(CN1CCN(Cc2c(Cl)cccc2Cl)CC1)Nc1cc(C(F)(F)F)ccc1Cl. The van der Waals surface area contributed by atoms with Gasteiger partial charge in [0.05, 0.1) is 22.8 Å². The maximum atomic E-state index is 12.9. The van der Waals surface area contributed by atoms with E-state index in [4.69, 9.17) is 34.8 Å². The number of alkyl halides is 3. The molecule has 0 atom stereocenters. The second kappa shape index (κ2) is 9.75.